The summed E-state index contributed by atoms with van der Waals surface area (Å²) in [6.45, 7) is 3.00. The molecule has 1 aliphatic heterocycles. The molecule has 1 saturated heterocycles. The summed E-state index contributed by atoms with van der Waals surface area (Å²) in [5.41, 5.74) is 0.135. The molecule has 0 radical (unpaired) electrons. The van der Waals surface area contributed by atoms with Gasteiger partial charge in [0.05, 0.1) is 18.3 Å². The van der Waals surface area contributed by atoms with Crippen LogP contribution in [0.4, 0.5) is 0 Å². The molecule has 2 rings (SSSR count). The van der Waals surface area contributed by atoms with Crippen molar-refractivity contribution >= 4 is 0 Å². The van der Waals surface area contributed by atoms with Gasteiger partial charge >= 0.3 is 0 Å². The second kappa shape index (κ2) is 6.14. The van der Waals surface area contributed by atoms with Crippen LogP contribution in [-0.4, -0.2) is 50.2 Å². The Morgan fingerprint density at radius 2 is 2.35 bits per heavy atom. The highest BCUT2D eigenvalue weighted by Gasteiger charge is 2.43. The molecular formula is C13H25NO3. The smallest absolute Gasteiger partial charge is 0.0694 e. The van der Waals surface area contributed by atoms with Crippen LogP contribution in [0.3, 0.4) is 0 Å². The molecule has 1 heterocycles. The van der Waals surface area contributed by atoms with Gasteiger partial charge in [-0.25, -0.2) is 0 Å². The molecule has 2 unspecified atom stereocenters. The fourth-order valence-corrected chi connectivity index (χ4v) is 2.90. The Balaban J connectivity index is 1.69. The first-order valence-electron chi connectivity index (χ1n) is 6.77. The van der Waals surface area contributed by atoms with Crippen molar-refractivity contribution < 1.29 is 14.6 Å². The van der Waals surface area contributed by atoms with E-state index in [-0.39, 0.29) is 11.7 Å². The van der Waals surface area contributed by atoms with Crippen molar-refractivity contribution in [3.05, 3.63) is 0 Å². The normalized spacial score (nSPS) is 28.9. The van der Waals surface area contributed by atoms with Gasteiger partial charge in [0.2, 0.25) is 0 Å². The molecule has 4 heteroatoms. The van der Waals surface area contributed by atoms with Crippen LogP contribution in [0.25, 0.3) is 0 Å². The summed E-state index contributed by atoms with van der Waals surface area (Å²) in [5, 5.41) is 13.4. The van der Waals surface area contributed by atoms with Gasteiger partial charge in [-0.15, -0.1) is 0 Å². The molecule has 1 saturated carbocycles. The molecule has 2 atom stereocenters. The summed E-state index contributed by atoms with van der Waals surface area (Å²) in [6, 6.07) is 0. The summed E-state index contributed by atoms with van der Waals surface area (Å²) in [5.74, 6) is 0.402. The number of methoxy groups -OCH3 is 1. The number of hydrogen-bond donors (Lipinski definition) is 2. The van der Waals surface area contributed by atoms with Gasteiger partial charge in [0.25, 0.3) is 0 Å². The first-order chi connectivity index (χ1) is 8.26. The monoisotopic (exact) mass is 243 g/mol. The van der Waals surface area contributed by atoms with Crippen molar-refractivity contribution in [2.45, 2.75) is 43.8 Å². The summed E-state index contributed by atoms with van der Waals surface area (Å²) < 4.78 is 10.8. The Morgan fingerprint density at radius 1 is 1.53 bits per heavy atom. The van der Waals surface area contributed by atoms with Gasteiger partial charge < -0.3 is 19.9 Å². The van der Waals surface area contributed by atoms with Crippen LogP contribution in [0.15, 0.2) is 0 Å². The van der Waals surface area contributed by atoms with E-state index in [4.69, 9.17) is 9.47 Å². The quantitative estimate of drug-likeness (QED) is 0.682. The molecule has 0 aromatic heterocycles. The van der Waals surface area contributed by atoms with E-state index in [1.165, 1.54) is 19.3 Å². The number of nitrogens with one attached hydrogen (secondary N) is 1. The zero-order valence-corrected chi connectivity index (χ0v) is 10.8. The van der Waals surface area contributed by atoms with Crippen LogP contribution >= 0.6 is 0 Å². The molecule has 4 nitrogen and oxygen atoms in total. The van der Waals surface area contributed by atoms with Gasteiger partial charge in [-0.05, 0) is 38.0 Å². The average molecular weight is 243 g/mol. The van der Waals surface area contributed by atoms with E-state index in [0.29, 0.717) is 19.1 Å². The lowest BCUT2D eigenvalue weighted by Crippen LogP contribution is -2.49. The lowest BCUT2D eigenvalue weighted by Gasteiger charge is -2.48. The summed E-state index contributed by atoms with van der Waals surface area (Å²) >= 11 is 0. The van der Waals surface area contributed by atoms with E-state index in [2.05, 4.69) is 5.32 Å². The third-order valence-corrected chi connectivity index (χ3v) is 4.18. The van der Waals surface area contributed by atoms with Crippen molar-refractivity contribution in [3.8, 4) is 0 Å². The first kappa shape index (κ1) is 13.3. The zero-order valence-electron chi connectivity index (χ0n) is 10.8. The van der Waals surface area contributed by atoms with Crippen LogP contribution in [0.5, 0.6) is 0 Å². The molecule has 1 spiro atoms. The Morgan fingerprint density at radius 3 is 3.00 bits per heavy atom. The summed E-state index contributed by atoms with van der Waals surface area (Å²) in [7, 11) is 1.69. The highest BCUT2D eigenvalue weighted by molar-refractivity contribution is 4.95. The minimum Gasteiger partial charge on any atom is -0.392 e. The average Bonchev–Trinajstić information content (AvgIpc) is 2.32. The van der Waals surface area contributed by atoms with Gasteiger partial charge in [0, 0.05) is 26.8 Å². The number of ether oxygens (including phenoxy) is 2. The molecule has 1 aliphatic carbocycles. The zero-order chi connectivity index (χ0) is 12.1. The molecule has 2 N–H and O–H groups in total. The Hall–Kier alpha value is -0.160. The Kier molecular flexibility index (Phi) is 4.79. The molecule has 0 bridgehead atoms. The van der Waals surface area contributed by atoms with Crippen LogP contribution in [0, 0.1) is 5.92 Å². The first-order valence-corrected chi connectivity index (χ1v) is 6.77. The van der Waals surface area contributed by atoms with E-state index in [0.717, 1.165) is 26.0 Å². The lowest BCUT2D eigenvalue weighted by molar-refractivity contribution is -0.156. The molecule has 2 aliphatic rings. The summed E-state index contributed by atoms with van der Waals surface area (Å²) in [4.78, 5) is 0. The number of aliphatic hydroxyl groups excluding tert-OH is 1. The Labute approximate surface area is 104 Å². The fraction of sp³-hybridized carbons (Fsp3) is 1.00. The lowest BCUT2D eigenvalue weighted by atomic mass is 9.71. The molecule has 0 aromatic rings. The van der Waals surface area contributed by atoms with Gasteiger partial charge in [-0.2, -0.15) is 0 Å². The minimum atomic E-state index is -0.242. The van der Waals surface area contributed by atoms with Gasteiger partial charge in [0.1, 0.15) is 0 Å². The van der Waals surface area contributed by atoms with E-state index in [1.807, 2.05) is 0 Å². The molecule has 0 aromatic carbocycles. The van der Waals surface area contributed by atoms with Crippen molar-refractivity contribution in [1.29, 1.82) is 0 Å². The van der Waals surface area contributed by atoms with Crippen LogP contribution in [-0.2, 0) is 9.47 Å². The van der Waals surface area contributed by atoms with Crippen molar-refractivity contribution in [3.63, 3.8) is 0 Å². The largest absolute Gasteiger partial charge is 0.392 e. The second-order valence-electron chi connectivity index (χ2n) is 5.40. The minimum absolute atomic E-state index is 0.135. The highest BCUT2D eigenvalue weighted by Crippen LogP contribution is 2.44. The third kappa shape index (κ3) is 3.41. The maximum atomic E-state index is 10.2. The molecule has 100 valence electrons. The van der Waals surface area contributed by atoms with E-state index in [9.17, 15) is 5.11 Å². The van der Waals surface area contributed by atoms with Crippen molar-refractivity contribution in [2.75, 3.05) is 33.4 Å². The molecule has 17 heavy (non-hydrogen) atoms. The van der Waals surface area contributed by atoms with Crippen molar-refractivity contribution in [1.82, 2.24) is 5.32 Å². The molecule has 2 fully saturated rings. The maximum Gasteiger partial charge on any atom is 0.0694 e. The van der Waals surface area contributed by atoms with E-state index < -0.39 is 0 Å². The predicted octanol–water partition coefficient (Wildman–Crippen LogP) is 0.933. The highest BCUT2D eigenvalue weighted by atomic mass is 16.5. The van der Waals surface area contributed by atoms with Gasteiger partial charge in [-0.3, -0.25) is 0 Å². The van der Waals surface area contributed by atoms with Crippen LogP contribution in [0.1, 0.15) is 32.1 Å². The standard InChI is InChI=1S/C13H25NO3/c1-16-8-6-14-10-12(15)11-3-7-17-13(9-11)4-2-5-13/h11-12,14-15H,2-10H2,1H3. The van der Waals surface area contributed by atoms with Gasteiger partial charge in [0.15, 0.2) is 0 Å². The fourth-order valence-electron chi connectivity index (χ4n) is 2.90. The second-order valence-corrected chi connectivity index (χ2v) is 5.40. The number of hydrogen-bond acceptors (Lipinski definition) is 4. The molecular weight excluding hydrogens is 218 g/mol. The van der Waals surface area contributed by atoms with Crippen LogP contribution in [0.2, 0.25) is 0 Å². The van der Waals surface area contributed by atoms with E-state index >= 15 is 0 Å². The maximum absolute atomic E-state index is 10.2. The number of aliphatic hydroxyl groups is 1. The number of rotatable bonds is 6. The van der Waals surface area contributed by atoms with Crippen LogP contribution < -0.4 is 5.32 Å². The molecule has 0 amide bonds. The van der Waals surface area contributed by atoms with Crippen molar-refractivity contribution in [2.24, 2.45) is 5.92 Å². The summed E-state index contributed by atoms with van der Waals surface area (Å²) in [6.07, 6.45) is 5.46. The van der Waals surface area contributed by atoms with E-state index in [1.54, 1.807) is 7.11 Å². The SMILES string of the molecule is COCCNCC(O)C1CCOC2(CCC2)C1. The third-order valence-electron chi connectivity index (χ3n) is 4.18. The van der Waals surface area contributed by atoms with Gasteiger partial charge in [-0.1, -0.05) is 0 Å². The topological polar surface area (TPSA) is 50.7 Å². The predicted molar refractivity (Wildman–Crippen MR) is 66.0 cm³/mol. The Bertz CT molecular complexity index is 231.